The Labute approximate surface area is 139 Å². The summed E-state index contributed by atoms with van der Waals surface area (Å²) in [5.74, 6) is 1.49. The average molecular weight is 319 g/mol. The standard InChI is InChI=1S/C19H29NO3/c1-3-18(23-17-13-11-16(22-2)12-14-17)19(21)20-15-9-7-5-4-6-8-10-15/h11-15,18H,3-10H2,1-2H3,(H,20,21). The van der Waals surface area contributed by atoms with Crippen molar-refractivity contribution in [3.8, 4) is 11.5 Å². The third-order valence-corrected chi connectivity index (χ3v) is 4.45. The van der Waals surface area contributed by atoms with Crippen molar-refractivity contribution in [3.05, 3.63) is 24.3 Å². The molecule has 1 fully saturated rings. The van der Waals surface area contributed by atoms with E-state index in [2.05, 4.69) is 5.32 Å². The van der Waals surface area contributed by atoms with Crippen LogP contribution in [0.3, 0.4) is 0 Å². The fourth-order valence-corrected chi connectivity index (χ4v) is 3.04. The van der Waals surface area contributed by atoms with Gasteiger partial charge in [0.25, 0.3) is 5.91 Å². The predicted molar refractivity (Wildman–Crippen MR) is 92.0 cm³/mol. The molecule has 0 aromatic heterocycles. The summed E-state index contributed by atoms with van der Waals surface area (Å²) >= 11 is 0. The Bertz CT molecular complexity index is 464. The van der Waals surface area contributed by atoms with Gasteiger partial charge >= 0.3 is 0 Å². The lowest BCUT2D eigenvalue weighted by molar-refractivity contribution is -0.129. The molecule has 4 heteroatoms. The van der Waals surface area contributed by atoms with Crippen LogP contribution in [0.2, 0.25) is 0 Å². The summed E-state index contributed by atoms with van der Waals surface area (Å²) < 4.78 is 11.0. The zero-order valence-electron chi connectivity index (χ0n) is 14.3. The van der Waals surface area contributed by atoms with Gasteiger partial charge in [-0.3, -0.25) is 4.79 Å². The molecule has 2 rings (SSSR count). The molecule has 1 aromatic carbocycles. The highest BCUT2D eigenvalue weighted by Crippen LogP contribution is 2.20. The Morgan fingerprint density at radius 1 is 1.09 bits per heavy atom. The molecule has 0 bridgehead atoms. The van der Waals surface area contributed by atoms with Crippen molar-refractivity contribution >= 4 is 5.91 Å². The number of nitrogens with one attached hydrogen (secondary N) is 1. The normalized spacial score (nSPS) is 17.7. The summed E-state index contributed by atoms with van der Waals surface area (Å²) in [5.41, 5.74) is 0. The lowest BCUT2D eigenvalue weighted by Crippen LogP contribution is -2.43. The van der Waals surface area contributed by atoms with Crippen molar-refractivity contribution in [1.82, 2.24) is 5.32 Å². The second-order valence-corrected chi connectivity index (χ2v) is 6.24. The molecule has 1 N–H and O–H groups in total. The third kappa shape index (κ3) is 5.77. The van der Waals surface area contributed by atoms with Gasteiger partial charge < -0.3 is 14.8 Å². The van der Waals surface area contributed by atoms with Gasteiger partial charge in [0.15, 0.2) is 6.10 Å². The van der Waals surface area contributed by atoms with Crippen LogP contribution in [0.1, 0.15) is 58.3 Å². The van der Waals surface area contributed by atoms with E-state index in [0.717, 1.165) is 18.6 Å². The minimum atomic E-state index is -0.436. The van der Waals surface area contributed by atoms with Gasteiger partial charge in [-0.2, -0.15) is 0 Å². The van der Waals surface area contributed by atoms with E-state index >= 15 is 0 Å². The number of hydrogen-bond acceptors (Lipinski definition) is 3. The highest BCUT2D eigenvalue weighted by Gasteiger charge is 2.22. The maximum atomic E-state index is 12.5. The second-order valence-electron chi connectivity index (χ2n) is 6.24. The first-order valence-electron chi connectivity index (χ1n) is 8.84. The Balaban J connectivity index is 1.88. The van der Waals surface area contributed by atoms with E-state index in [0.29, 0.717) is 18.2 Å². The molecule has 0 spiro atoms. The van der Waals surface area contributed by atoms with Crippen LogP contribution in [0.5, 0.6) is 11.5 Å². The molecule has 1 atom stereocenters. The average Bonchev–Trinajstić information content (AvgIpc) is 2.55. The number of methoxy groups -OCH3 is 1. The number of carbonyl (C=O) groups excluding carboxylic acids is 1. The smallest absolute Gasteiger partial charge is 0.261 e. The predicted octanol–water partition coefficient (Wildman–Crippen LogP) is 4.08. The third-order valence-electron chi connectivity index (χ3n) is 4.45. The van der Waals surface area contributed by atoms with Crippen LogP contribution >= 0.6 is 0 Å². The van der Waals surface area contributed by atoms with E-state index in [-0.39, 0.29) is 5.91 Å². The van der Waals surface area contributed by atoms with E-state index in [1.165, 1.54) is 32.1 Å². The van der Waals surface area contributed by atoms with Gasteiger partial charge in [-0.05, 0) is 43.5 Å². The van der Waals surface area contributed by atoms with Gasteiger partial charge in [0.05, 0.1) is 7.11 Å². The van der Waals surface area contributed by atoms with E-state index in [9.17, 15) is 4.79 Å². The highest BCUT2D eigenvalue weighted by molar-refractivity contribution is 5.81. The summed E-state index contributed by atoms with van der Waals surface area (Å²) in [4.78, 5) is 12.5. The zero-order chi connectivity index (χ0) is 16.5. The molecule has 128 valence electrons. The Morgan fingerprint density at radius 3 is 2.22 bits per heavy atom. The Hall–Kier alpha value is -1.71. The number of carbonyl (C=O) groups is 1. The summed E-state index contributed by atoms with van der Waals surface area (Å²) in [5, 5.41) is 3.19. The van der Waals surface area contributed by atoms with Crippen LogP contribution in [0.4, 0.5) is 0 Å². The minimum absolute atomic E-state index is 0.00823. The molecule has 1 amide bonds. The van der Waals surface area contributed by atoms with Gasteiger partial charge in [-0.15, -0.1) is 0 Å². The number of rotatable bonds is 6. The van der Waals surface area contributed by atoms with Crippen LogP contribution in [-0.4, -0.2) is 25.2 Å². The molecule has 0 aliphatic heterocycles. The maximum absolute atomic E-state index is 12.5. The lowest BCUT2D eigenvalue weighted by atomic mass is 9.96. The van der Waals surface area contributed by atoms with Gasteiger partial charge in [0.1, 0.15) is 11.5 Å². The van der Waals surface area contributed by atoms with Gasteiger partial charge in [-0.1, -0.05) is 39.0 Å². The molecular weight excluding hydrogens is 290 g/mol. The topological polar surface area (TPSA) is 47.6 Å². The Kier molecular flexibility index (Phi) is 7.24. The van der Waals surface area contributed by atoms with E-state index in [1.807, 2.05) is 31.2 Å². The van der Waals surface area contributed by atoms with E-state index in [1.54, 1.807) is 7.11 Å². The molecule has 0 radical (unpaired) electrons. The van der Waals surface area contributed by atoms with Crippen LogP contribution < -0.4 is 14.8 Å². The molecule has 1 aliphatic carbocycles. The maximum Gasteiger partial charge on any atom is 0.261 e. The van der Waals surface area contributed by atoms with Crippen molar-refractivity contribution in [1.29, 1.82) is 0 Å². The fourth-order valence-electron chi connectivity index (χ4n) is 3.04. The summed E-state index contributed by atoms with van der Waals surface area (Å²) in [6.45, 7) is 1.98. The molecule has 1 saturated carbocycles. The van der Waals surface area contributed by atoms with E-state index in [4.69, 9.17) is 9.47 Å². The van der Waals surface area contributed by atoms with E-state index < -0.39 is 6.10 Å². The first-order chi connectivity index (χ1) is 11.2. The van der Waals surface area contributed by atoms with Gasteiger partial charge in [0, 0.05) is 6.04 Å². The van der Waals surface area contributed by atoms with Gasteiger partial charge in [-0.25, -0.2) is 0 Å². The molecule has 0 saturated heterocycles. The number of ether oxygens (including phenoxy) is 2. The summed E-state index contributed by atoms with van der Waals surface area (Å²) in [6, 6.07) is 7.66. The van der Waals surface area contributed by atoms with Crippen molar-refractivity contribution < 1.29 is 14.3 Å². The van der Waals surface area contributed by atoms with Crippen molar-refractivity contribution in [2.24, 2.45) is 0 Å². The fraction of sp³-hybridized carbons (Fsp3) is 0.632. The molecular formula is C19H29NO3. The molecule has 4 nitrogen and oxygen atoms in total. The first-order valence-corrected chi connectivity index (χ1v) is 8.84. The summed E-state index contributed by atoms with van der Waals surface area (Å²) in [7, 11) is 1.63. The van der Waals surface area contributed by atoms with Crippen molar-refractivity contribution in [2.45, 2.75) is 70.4 Å². The molecule has 23 heavy (non-hydrogen) atoms. The highest BCUT2D eigenvalue weighted by atomic mass is 16.5. The van der Waals surface area contributed by atoms with Crippen molar-refractivity contribution in [2.75, 3.05) is 7.11 Å². The quantitative estimate of drug-likeness (QED) is 0.859. The molecule has 1 aliphatic rings. The van der Waals surface area contributed by atoms with Gasteiger partial charge in [0.2, 0.25) is 0 Å². The number of benzene rings is 1. The van der Waals surface area contributed by atoms with Crippen LogP contribution in [0, 0.1) is 0 Å². The minimum Gasteiger partial charge on any atom is -0.497 e. The van der Waals surface area contributed by atoms with Crippen LogP contribution in [-0.2, 0) is 4.79 Å². The largest absolute Gasteiger partial charge is 0.497 e. The number of hydrogen-bond donors (Lipinski definition) is 1. The van der Waals surface area contributed by atoms with Crippen LogP contribution in [0.15, 0.2) is 24.3 Å². The Morgan fingerprint density at radius 2 is 1.65 bits per heavy atom. The molecule has 1 unspecified atom stereocenters. The second kappa shape index (κ2) is 9.43. The van der Waals surface area contributed by atoms with Crippen LogP contribution in [0.25, 0.3) is 0 Å². The lowest BCUT2D eigenvalue weighted by Gasteiger charge is -2.24. The monoisotopic (exact) mass is 319 g/mol. The first kappa shape index (κ1) is 17.6. The van der Waals surface area contributed by atoms with Crippen molar-refractivity contribution in [3.63, 3.8) is 0 Å². The number of amides is 1. The SMILES string of the molecule is CCC(Oc1ccc(OC)cc1)C(=O)NC1CCCCCCC1. The zero-order valence-corrected chi connectivity index (χ0v) is 14.3. The summed E-state index contributed by atoms with van der Waals surface area (Å²) in [6.07, 6.45) is 8.72. The molecule has 0 heterocycles. The molecule has 1 aromatic rings.